The minimum Gasteiger partial charge on any atom is -0.462 e. The van der Waals surface area contributed by atoms with Crippen molar-refractivity contribution >= 4 is 46.7 Å². The summed E-state index contributed by atoms with van der Waals surface area (Å²) in [4.78, 5) is 53.9. The van der Waals surface area contributed by atoms with Gasteiger partial charge in [-0.05, 0) is 67.6 Å². The van der Waals surface area contributed by atoms with Crippen LogP contribution in [-0.4, -0.2) is 48.3 Å². The number of halogens is 1. The molecule has 0 radical (unpaired) electrons. The van der Waals surface area contributed by atoms with E-state index in [1.807, 2.05) is 11.8 Å². The minimum absolute atomic E-state index is 0.0700. The largest absolute Gasteiger partial charge is 0.462 e. The number of imide groups is 1. The van der Waals surface area contributed by atoms with Crippen molar-refractivity contribution in [2.75, 3.05) is 29.9 Å². The van der Waals surface area contributed by atoms with E-state index in [0.717, 1.165) is 30.6 Å². The first-order valence-electron chi connectivity index (χ1n) is 12.5. The summed E-state index contributed by atoms with van der Waals surface area (Å²) >= 11 is 6.26. The van der Waals surface area contributed by atoms with Gasteiger partial charge in [-0.15, -0.1) is 0 Å². The number of esters is 1. The Bertz CT molecular complexity index is 1230. The number of carbonyl (C=O) groups is 4. The van der Waals surface area contributed by atoms with E-state index in [0.29, 0.717) is 42.4 Å². The fraction of sp³-hybridized carbons (Fsp3) is 0.357. The summed E-state index contributed by atoms with van der Waals surface area (Å²) in [6.07, 6.45) is 3.63. The van der Waals surface area contributed by atoms with Crippen molar-refractivity contribution in [3.05, 3.63) is 70.4 Å². The van der Waals surface area contributed by atoms with Crippen LogP contribution < -0.4 is 10.2 Å². The van der Waals surface area contributed by atoms with Crippen molar-refractivity contribution in [2.45, 2.75) is 39.5 Å². The van der Waals surface area contributed by atoms with Crippen molar-refractivity contribution in [1.29, 1.82) is 0 Å². The molecule has 2 aliphatic rings. The molecular weight excluding hydrogens is 494 g/mol. The first-order chi connectivity index (χ1) is 17.8. The number of unbranched alkanes of at least 4 members (excludes halogenated alkanes) is 1. The standard InChI is InChI=1S/C28H30ClN3O5/c1-3-4-16-37-28(36)19-8-10-22(11-9-19)32-26(34)23(29)24(27(32)35)30-21-7-5-6-20(17-21)25(33)31-14-12-18(2)13-15-31/h5-11,17-18,30H,3-4,12-16H2,1-2H3. The quantitative estimate of drug-likeness (QED) is 0.299. The lowest BCUT2D eigenvalue weighted by atomic mass is 9.98. The molecule has 2 aromatic rings. The lowest BCUT2D eigenvalue weighted by molar-refractivity contribution is -0.120. The van der Waals surface area contributed by atoms with Gasteiger partial charge in [-0.2, -0.15) is 0 Å². The number of amides is 3. The van der Waals surface area contributed by atoms with Gasteiger partial charge in [-0.3, -0.25) is 14.4 Å². The second kappa shape index (κ2) is 11.6. The number of carbonyl (C=O) groups excluding carboxylic acids is 4. The van der Waals surface area contributed by atoms with Crippen LogP contribution >= 0.6 is 11.6 Å². The highest BCUT2D eigenvalue weighted by Gasteiger charge is 2.39. The van der Waals surface area contributed by atoms with Crippen molar-refractivity contribution in [2.24, 2.45) is 5.92 Å². The number of nitrogens with zero attached hydrogens (tertiary/aromatic N) is 2. The highest BCUT2D eigenvalue weighted by Crippen LogP contribution is 2.31. The fourth-order valence-electron chi connectivity index (χ4n) is 4.25. The molecule has 0 aliphatic carbocycles. The van der Waals surface area contributed by atoms with Crippen LogP contribution in [0.25, 0.3) is 0 Å². The summed E-state index contributed by atoms with van der Waals surface area (Å²) < 4.78 is 5.19. The third-order valence-electron chi connectivity index (χ3n) is 6.57. The minimum atomic E-state index is -0.679. The van der Waals surface area contributed by atoms with Gasteiger partial charge >= 0.3 is 5.97 Å². The lowest BCUT2D eigenvalue weighted by Gasteiger charge is -2.30. The number of rotatable bonds is 8. The number of hydrogen-bond acceptors (Lipinski definition) is 6. The maximum atomic E-state index is 13.2. The smallest absolute Gasteiger partial charge is 0.338 e. The molecule has 0 saturated carbocycles. The number of nitrogens with one attached hydrogen (secondary N) is 1. The highest BCUT2D eigenvalue weighted by atomic mass is 35.5. The normalized spacial score (nSPS) is 16.4. The van der Waals surface area contributed by atoms with Gasteiger partial charge < -0.3 is 15.0 Å². The maximum absolute atomic E-state index is 13.2. The monoisotopic (exact) mass is 523 g/mol. The molecule has 37 heavy (non-hydrogen) atoms. The third-order valence-corrected chi connectivity index (χ3v) is 6.92. The molecule has 2 aromatic carbocycles. The zero-order chi connectivity index (χ0) is 26.5. The number of ether oxygens (including phenoxy) is 1. The summed E-state index contributed by atoms with van der Waals surface area (Å²) in [5.41, 5.74) is 1.48. The van der Waals surface area contributed by atoms with E-state index in [2.05, 4.69) is 12.2 Å². The molecule has 194 valence electrons. The summed E-state index contributed by atoms with van der Waals surface area (Å²) in [5.74, 6) is -1.24. The van der Waals surface area contributed by atoms with Crippen molar-refractivity contribution in [1.82, 2.24) is 4.90 Å². The van der Waals surface area contributed by atoms with E-state index in [-0.39, 0.29) is 22.3 Å². The molecule has 0 atom stereocenters. The first kappa shape index (κ1) is 26.4. The Morgan fingerprint density at radius 2 is 1.73 bits per heavy atom. The average Bonchev–Trinajstić information content (AvgIpc) is 3.12. The van der Waals surface area contributed by atoms with Crippen LogP contribution in [0.3, 0.4) is 0 Å². The van der Waals surface area contributed by atoms with E-state index < -0.39 is 17.8 Å². The molecule has 0 unspecified atom stereocenters. The zero-order valence-corrected chi connectivity index (χ0v) is 21.7. The SMILES string of the molecule is CCCCOC(=O)c1ccc(N2C(=O)C(Cl)=C(Nc3cccc(C(=O)N4CCC(C)CC4)c3)C2=O)cc1. The maximum Gasteiger partial charge on any atom is 0.338 e. The Morgan fingerprint density at radius 1 is 1.03 bits per heavy atom. The van der Waals surface area contributed by atoms with Crippen molar-refractivity contribution in [3.8, 4) is 0 Å². The molecule has 2 aliphatic heterocycles. The van der Waals surface area contributed by atoms with Crippen molar-refractivity contribution in [3.63, 3.8) is 0 Å². The molecule has 2 heterocycles. The number of piperidine rings is 1. The molecule has 8 nitrogen and oxygen atoms in total. The van der Waals surface area contributed by atoms with Crippen LogP contribution in [0.5, 0.6) is 0 Å². The molecule has 4 rings (SSSR count). The summed E-state index contributed by atoms with van der Waals surface area (Å²) in [6, 6.07) is 12.8. The van der Waals surface area contributed by atoms with Gasteiger partial charge in [0.15, 0.2) is 0 Å². The Kier molecular flexibility index (Phi) is 8.28. The summed E-state index contributed by atoms with van der Waals surface area (Å²) in [7, 11) is 0. The fourth-order valence-corrected chi connectivity index (χ4v) is 4.47. The second-order valence-electron chi connectivity index (χ2n) is 9.35. The van der Waals surface area contributed by atoms with Gasteiger partial charge in [0.05, 0.1) is 17.9 Å². The van der Waals surface area contributed by atoms with E-state index in [9.17, 15) is 19.2 Å². The molecule has 9 heteroatoms. The predicted molar refractivity (Wildman–Crippen MR) is 141 cm³/mol. The van der Waals surface area contributed by atoms with E-state index in [1.165, 1.54) is 24.3 Å². The number of anilines is 2. The van der Waals surface area contributed by atoms with Gasteiger partial charge in [0.2, 0.25) is 0 Å². The predicted octanol–water partition coefficient (Wildman–Crippen LogP) is 4.95. The van der Waals surface area contributed by atoms with Crippen LogP contribution in [0.4, 0.5) is 11.4 Å². The molecule has 3 amide bonds. The third kappa shape index (κ3) is 5.85. The van der Waals surface area contributed by atoms with E-state index in [1.54, 1.807) is 24.3 Å². The van der Waals surface area contributed by atoms with Crippen LogP contribution in [0.1, 0.15) is 60.2 Å². The van der Waals surface area contributed by atoms with E-state index >= 15 is 0 Å². The van der Waals surface area contributed by atoms with Gasteiger partial charge in [0, 0.05) is 24.3 Å². The van der Waals surface area contributed by atoms with Crippen molar-refractivity contribution < 1.29 is 23.9 Å². The highest BCUT2D eigenvalue weighted by molar-refractivity contribution is 6.53. The lowest BCUT2D eigenvalue weighted by Crippen LogP contribution is -2.37. The summed E-state index contributed by atoms with van der Waals surface area (Å²) in [6.45, 7) is 5.95. The average molecular weight is 524 g/mol. The van der Waals surface area contributed by atoms with E-state index in [4.69, 9.17) is 16.3 Å². The van der Waals surface area contributed by atoms with Crippen LogP contribution in [-0.2, 0) is 14.3 Å². The number of benzene rings is 2. The Hall–Kier alpha value is -3.65. The second-order valence-corrected chi connectivity index (χ2v) is 9.73. The Labute approximate surface area is 221 Å². The Balaban J connectivity index is 1.46. The first-order valence-corrected chi connectivity index (χ1v) is 12.9. The molecule has 1 saturated heterocycles. The van der Waals surface area contributed by atoms with Gasteiger partial charge in [-0.1, -0.05) is 37.9 Å². The molecule has 1 fully saturated rings. The molecule has 1 N–H and O–H groups in total. The Morgan fingerprint density at radius 3 is 2.41 bits per heavy atom. The van der Waals surface area contributed by atoms with Gasteiger partial charge in [0.1, 0.15) is 10.7 Å². The van der Waals surface area contributed by atoms with Crippen LogP contribution in [0, 0.1) is 5.92 Å². The topological polar surface area (TPSA) is 96.0 Å². The molecule has 0 spiro atoms. The van der Waals surface area contributed by atoms with Crippen LogP contribution in [0.15, 0.2) is 59.3 Å². The van der Waals surface area contributed by atoms with Crippen LogP contribution in [0.2, 0.25) is 0 Å². The number of likely N-dealkylation sites (tertiary alicyclic amines) is 1. The van der Waals surface area contributed by atoms with Gasteiger partial charge in [0.25, 0.3) is 17.7 Å². The molecule has 0 aromatic heterocycles. The number of hydrogen-bond donors (Lipinski definition) is 1. The van der Waals surface area contributed by atoms with Gasteiger partial charge in [-0.25, -0.2) is 9.69 Å². The molecular formula is C28H30ClN3O5. The zero-order valence-electron chi connectivity index (χ0n) is 21.0. The summed E-state index contributed by atoms with van der Waals surface area (Å²) in [5, 5.41) is 2.67. The molecule has 0 bridgehead atoms.